The van der Waals surface area contributed by atoms with Crippen molar-refractivity contribution in [3.63, 3.8) is 0 Å². The number of pyridine rings is 1. The van der Waals surface area contributed by atoms with E-state index in [1.807, 2.05) is 35.2 Å². The third-order valence-electron chi connectivity index (χ3n) is 4.51. The number of nitrogens with two attached hydrogens (primary N) is 1. The van der Waals surface area contributed by atoms with E-state index < -0.39 is 0 Å². The maximum absolute atomic E-state index is 12.5. The van der Waals surface area contributed by atoms with E-state index in [-0.39, 0.29) is 48.6 Å². The van der Waals surface area contributed by atoms with Gasteiger partial charge < -0.3 is 21.3 Å². The van der Waals surface area contributed by atoms with Crippen LogP contribution in [0.1, 0.15) is 18.5 Å². The summed E-state index contributed by atoms with van der Waals surface area (Å²) < 4.78 is 0. The van der Waals surface area contributed by atoms with Gasteiger partial charge in [0.2, 0.25) is 11.8 Å². The smallest absolute Gasteiger partial charge is 0.239 e. The lowest BCUT2D eigenvalue weighted by molar-refractivity contribution is -0.121. The summed E-state index contributed by atoms with van der Waals surface area (Å²) in [5, 5.41) is 5.63. The molecule has 2 heterocycles. The van der Waals surface area contributed by atoms with Crippen LogP contribution in [0.15, 0.2) is 48.7 Å². The quantitative estimate of drug-likeness (QED) is 0.680. The van der Waals surface area contributed by atoms with E-state index in [0.29, 0.717) is 31.1 Å². The predicted molar refractivity (Wildman–Crippen MR) is 115 cm³/mol. The van der Waals surface area contributed by atoms with Crippen molar-refractivity contribution in [2.45, 2.75) is 13.0 Å². The maximum atomic E-state index is 12.5. The molecule has 4 N–H and O–H groups in total. The molecule has 1 fully saturated rings. The van der Waals surface area contributed by atoms with Gasteiger partial charge in [0.25, 0.3) is 0 Å². The number of amides is 2. The van der Waals surface area contributed by atoms with E-state index in [9.17, 15) is 9.59 Å². The molecule has 2 unspecified atom stereocenters. The normalized spacial score (nSPS) is 15.4. The first-order valence-electron chi connectivity index (χ1n) is 8.63. The Balaban J connectivity index is 0.00000196. The lowest BCUT2D eigenvalue weighted by Crippen LogP contribution is -2.48. The fourth-order valence-corrected chi connectivity index (χ4v) is 2.86. The standard InChI is InChI=1S/C19H23N5O2.2ClH/c1-13(18(20)14-5-3-2-4-6-14)19(26)23-15-7-8-16(22-11-15)24-10-9-21-17(25)12-24;;/h2-8,11,13,18H,9-10,12,20H2,1H3,(H,21,25)(H,23,26);2*1H. The van der Waals surface area contributed by atoms with E-state index >= 15 is 0 Å². The zero-order valence-electron chi connectivity index (χ0n) is 15.5. The van der Waals surface area contributed by atoms with Gasteiger partial charge in [-0.2, -0.15) is 0 Å². The Bertz CT molecular complexity index is 774. The number of carbonyl (C=O) groups excluding carboxylic acids is 2. The van der Waals surface area contributed by atoms with Crippen molar-refractivity contribution >= 4 is 48.1 Å². The number of piperazine rings is 1. The third-order valence-corrected chi connectivity index (χ3v) is 4.51. The molecule has 0 saturated carbocycles. The summed E-state index contributed by atoms with van der Waals surface area (Å²) in [6, 6.07) is 12.8. The van der Waals surface area contributed by atoms with Gasteiger partial charge in [-0.3, -0.25) is 9.59 Å². The van der Waals surface area contributed by atoms with Gasteiger partial charge in [0, 0.05) is 19.1 Å². The molecule has 1 saturated heterocycles. The zero-order valence-corrected chi connectivity index (χ0v) is 17.1. The molecule has 0 spiro atoms. The van der Waals surface area contributed by atoms with Crippen LogP contribution in [0.4, 0.5) is 11.5 Å². The second kappa shape index (κ2) is 10.8. The van der Waals surface area contributed by atoms with Gasteiger partial charge in [-0.05, 0) is 17.7 Å². The molecule has 1 aromatic heterocycles. The maximum Gasteiger partial charge on any atom is 0.239 e. The molecular formula is C19H25Cl2N5O2. The Morgan fingerprint density at radius 3 is 2.54 bits per heavy atom. The lowest BCUT2D eigenvalue weighted by Gasteiger charge is -2.27. The average Bonchev–Trinajstić information content (AvgIpc) is 2.68. The molecule has 3 rings (SSSR count). The SMILES string of the molecule is CC(C(=O)Nc1ccc(N2CCNC(=O)C2)nc1)C(N)c1ccccc1.Cl.Cl. The highest BCUT2D eigenvalue weighted by atomic mass is 35.5. The summed E-state index contributed by atoms with van der Waals surface area (Å²) >= 11 is 0. The highest BCUT2D eigenvalue weighted by molar-refractivity contribution is 5.92. The Morgan fingerprint density at radius 1 is 1.21 bits per heavy atom. The van der Waals surface area contributed by atoms with Crippen LogP contribution in [-0.4, -0.2) is 36.4 Å². The fourth-order valence-electron chi connectivity index (χ4n) is 2.86. The number of rotatable bonds is 5. The molecule has 152 valence electrons. The van der Waals surface area contributed by atoms with Crippen LogP contribution < -0.4 is 21.3 Å². The summed E-state index contributed by atoms with van der Waals surface area (Å²) in [5.41, 5.74) is 7.73. The summed E-state index contributed by atoms with van der Waals surface area (Å²) in [7, 11) is 0. The van der Waals surface area contributed by atoms with Crippen LogP contribution >= 0.6 is 24.8 Å². The molecule has 28 heavy (non-hydrogen) atoms. The second-order valence-electron chi connectivity index (χ2n) is 6.39. The first-order chi connectivity index (χ1) is 12.5. The van der Waals surface area contributed by atoms with Gasteiger partial charge in [0.15, 0.2) is 0 Å². The molecule has 9 heteroatoms. The average molecular weight is 426 g/mol. The van der Waals surface area contributed by atoms with E-state index in [2.05, 4.69) is 15.6 Å². The first kappa shape index (κ1) is 23.7. The van der Waals surface area contributed by atoms with Gasteiger partial charge in [0.05, 0.1) is 24.3 Å². The molecule has 7 nitrogen and oxygen atoms in total. The van der Waals surface area contributed by atoms with Crippen LogP contribution in [0.25, 0.3) is 0 Å². The minimum absolute atomic E-state index is 0. The predicted octanol–water partition coefficient (Wildman–Crippen LogP) is 2.14. The second-order valence-corrected chi connectivity index (χ2v) is 6.39. The highest BCUT2D eigenvalue weighted by Crippen LogP contribution is 2.21. The molecule has 1 aliphatic rings. The van der Waals surface area contributed by atoms with Crippen molar-refractivity contribution in [2.24, 2.45) is 11.7 Å². The molecule has 0 aliphatic carbocycles. The third kappa shape index (κ3) is 5.82. The van der Waals surface area contributed by atoms with E-state index in [1.54, 1.807) is 25.3 Å². The van der Waals surface area contributed by atoms with Gasteiger partial charge in [0.1, 0.15) is 5.82 Å². The molecule has 1 aliphatic heterocycles. The number of anilines is 2. The van der Waals surface area contributed by atoms with Crippen molar-refractivity contribution in [1.29, 1.82) is 0 Å². The van der Waals surface area contributed by atoms with Crippen molar-refractivity contribution in [2.75, 3.05) is 29.9 Å². The van der Waals surface area contributed by atoms with E-state index in [1.165, 1.54) is 0 Å². The topological polar surface area (TPSA) is 100 Å². The summed E-state index contributed by atoms with van der Waals surface area (Å²) in [6.07, 6.45) is 1.60. The van der Waals surface area contributed by atoms with Crippen LogP contribution in [-0.2, 0) is 9.59 Å². The number of benzene rings is 1. The summed E-state index contributed by atoms with van der Waals surface area (Å²) in [5.74, 6) is 0.155. The minimum atomic E-state index is -0.386. The Hall–Kier alpha value is -2.35. The van der Waals surface area contributed by atoms with Crippen LogP contribution in [0, 0.1) is 5.92 Å². The Labute approximate surface area is 176 Å². The minimum Gasteiger partial charge on any atom is -0.353 e. The van der Waals surface area contributed by atoms with Crippen LogP contribution in [0.5, 0.6) is 0 Å². The van der Waals surface area contributed by atoms with Crippen LogP contribution in [0.2, 0.25) is 0 Å². The number of carbonyl (C=O) groups is 2. The monoisotopic (exact) mass is 425 g/mol. The molecule has 0 radical (unpaired) electrons. The van der Waals surface area contributed by atoms with Crippen molar-refractivity contribution in [1.82, 2.24) is 10.3 Å². The number of nitrogens with one attached hydrogen (secondary N) is 2. The lowest BCUT2D eigenvalue weighted by atomic mass is 9.94. The molecule has 2 aromatic rings. The Kier molecular flexibility index (Phi) is 9.18. The molecule has 2 atom stereocenters. The number of aromatic nitrogens is 1. The van der Waals surface area contributed by atoms with E-state index in [0.717, 1.165) is 5.56 Å². The molecule has 2 amide bonds. The molecule has 0 bridgehead atoms. The van der Waals surface area contributed by atoms with Crippen molar-refractivity contribution in [3.8, 4) is 0 Å². The summed E-state index contributed by atoms with van der Waals surface area (Å²) in [6.45, 7) is 3.42. The number of hydrogen-bond acceptors (Lipinski definition) is 5. The van der Waals surface area contributed by atoms with Gasteiger partial charge in [-0.25, -0.2) is 4.98 Å². The molecule has 1 aromatic carbocycles. The zero-order chi connectivity index (χ0) is 18.5. The van der Waals surface area contributed by atoms with Gasteiger partial charge >= 0.3 is 0 Å². The van der Waals surface area contributed by atoms with Crippen LogP contribution in [0.3, 0.4) is 0 Å². The highest BCUT2D eigenvalue weighted by Gasteiger charge is 2.22. The van der Waals surface area contributed by atoms with Gasteiger partial charge in [-0.1, -0.05) is 37.3 Å². The fraction of sp³-hybridized carbons (Fsp3) is 0.316. The van der Waals surface area contributed by atoms with Gasteiger partial charge in [-0.15, -0.1) is 24.8 Å². The number of nitrogens with zero attached hydrogens (tertiary/aromatic N) is 2. The number of hydrogen-bond donors (Lipinski definition) is 3. The van der Waals surface area contributed by atoms with Crippen molar-refractivity contribution < 1.29 is 9.59 Å². The van der Waals surface area contributed by atoms with E-state index in [4.69, 9.17) is 5.73 Å². The first-order valence-corrected chi connectivity index (χ1v) is 8.63. The van der Waals surface area contributed by atoms with Crippen molar-refractivity contribution in [3.05, 3.63) is 54.2 Å². The number of halogens is 2. The summed E-state index contributed by atoms with van der Waals surface area (Å²) in [4.78, 5) is 30.2. The molecular weight excluding hydrogens is 401 g/mol. The Morgan fingerprint density at radius 2 is 1.93 bits per heavy atom. The largest absolute Gasteiger partial charge is 0.353 e.